The van der Waals surface area contributed by atoms with E-state index in [1.54, 1.807) is 20.8 Å². The Bertz CT molecular complexity index is 317. The molecular formula is C9H21N3O2S. The van der Waals surface area contributed by atoms with E-state index in [1.165, 1.54) is 0 Å². The summed E-state index contributed by atoms with van der Waals surface area (Å²) in [6.07, 6.45) is 0.876. The summed E-state index contributed by atoms with van der Waals surface area (Å²) in [5.41, 5.74) is 5.25. The van der Waals surface area contributed by atoms with Crippen LogP contribution in [0.25, 0.3) is 0 Å². The number of nitrogens with two attached hydrogens (primary N) is 1. The Balaban J connectivity index is 4.63. The second kappa shape index (κ2) is 4.94. The van der Waals surface area contributed by atoms with Crippen LogP contribution in [-0.4, -0.2) is 25.0 Å². The van der Waals surface area contributed by atoms with E-state index in [9.17, 15) is 8.42 Å². The normalized spacial score (nSPS) is 14.9. The maximum atomic E-state index is 11.8. The number of rotatable bonds is 5. The van der Waals surface area contributed by atoms with Crippen LogP contribution in [-0.2, 0) is 10.0 Å². The zero-order valence-corrected chi connectivity index (χ0v) is 10.6. The summed E-state index contributed by atoms with van der Waals surface area (Å²) in [7, 11) is -3.36. The highest BCUT2D eigenvalue weighted by atomic mass is 32.2. The van der Waals surface area contributed by atoms with Gasteiger partial charge in [0, 0.05) is 12.5 Å². The zero-order valence-electron chi connectivity index (χ0n) is 9.79. The van der Waals surface area contributed by atoms with Gasteiger partial charge in [-0.15, -0.1) is 0 Å². The van der Waals surface area contributed by atoms with Gasteiger partial charge in [-0.05, 0) is 27.2 Å². The summed E-state index contributed by atoms with van der Waals surface area (Å²) >= 11 is 0. The Morgan fingerprint density at radius 3 is 2.20 bits per heavy atom. The van der Waals surface area contributed by atoms with Gasteiger partial charge in [0.05, 0.1) is 10.6 Å². The Morgan fingerprint density at radius 2 is 1.93 bits per heavy atom. The molecule has 0 radical (unpaired) electrons. The molecule has 1 atom stereocenters. The van der Waals surface area contributed by atoms with Crippen molar-refractivity contribution in [2.24, 2.45) is 5.73 Å². The third kappa shape index (κ3) is 4.61. The fourth-order valence-electron chi connectivity index (χ4n) is 0.931. The van der Waals surface area contributed by atoms with Gasteiger partial charge in [-0.1, -0.05) is 6.92 Å². The molecule has 0 aliphatic rings. The number of hydrogen-bond acceptors (Lipinski definition) is 3. The predicted molar refractivity (Wildman–Crippen MR) is 62.4 cm³/mol. The highest BCUT2D eigenvalue weighted by molar-refractivity contribution is 7.90. The van der Waals surface area contributed by atoms with Crippen LogP contribution in [0.4, 0.5) is 0 Å². The molecule has 0 aliphatic carbocycles. The molecule has 5 nitrogen and oxygen atoms in total. The number of hydrogen-bond donors (Lipinski definition) is 3. The quantitative estimate of drug-likeness (QED) is 0.486. The second-order valence-electron chi connectivity index (χ2n) is 4.57. The Hall–Kier alpha value is -0.620. The summed E-state index contributed by atoms with van der Waals surface area (Å²) in [4.78, 5) is 0. The monoisotopic (exact) mass is 235 g/mol. The maximum Gasteiger partial charge on any atom is 0.216 e. The van der Waals surface area contributed by atoms with Crippen LogP contribution in [0.3, 0.4) is 0 Å². The molecule has 4 N–H and O–H groups in total. The van der Waals surface area contributed by atoms with Gasteiger partial charge in [-0.3, -0.25) is 5.41 Å². The van der Waals surface area contributed by atoms with Crippen molar-refractivity contribution in [1.29, 1.82) is 5.41 Å². The largest absolute Gasteiger partial charge is 0.388 e. The van der Waals surface area contributed by atoms with E-state index in [2.05, 4.69) is 4.72 Å². The van der Waals surface area contributed by atoms with Crippen molar-refractivity contribution < 1.29 is 8.42 Å². The second-order valence-corrected chi connectivity index (χ2v) is 7.04. The van der Waals surface area contributed by atoms with E-state index in [0.717, 1.165) is 0 Å². The summed E-state index contributed by atoms with van der Waals surface area (Å²) in [5.74, 6) is -0.00143. The minimum absolute atomic E-state index is 0.00143. The molecule has 0 aromatic rings. The van der Waals surface area contributed by atoms with E-state index in [4.69, 9.17) is 11.1 Å². The fraction of sp³-hybridized carbons (Fsp3) is 0.889. The molecule has 90 valence electrons. The summed E-state index contributed by atoms with van der Waals surface area (Å²) in [6, 6.07) is -0.285. The molecule has 0 saturated heterocycles. The molecule has 0 rings (SSSR count). The van der Waals surface area contributed by atoms with Crippen molar-refractivity contribution in [3.63, 3.8) is 0 Å². The van der Waals surface area contributed by atoms with Gasteiger partial charge in [-0.25, -0.2) is 13.1 Å². The van der Waals surface area contributed by atoms with E-state index in [0.29, 0.717) is 6.42 Å². The van der Waals surface area contributed by atoms with Gasteiger partial charge in [0.15, 0.2) is 0 Å². The number of nitrogens with one attached hydrogen (secondary N) is 2. The molecule has 0 spiro atoms. The van der Waals surface area contributed by atoms with Crippen molar-refractivity contribution in [2.45, 2.75) is 51.3 Å². The minimum atomic E-state index is -3.36. The van der Waals surface area contributed by atoms with Crippen LogP contribution >= 0.6 is 0 Å². The lowest BCUT2D eigenvalue weighted by molar-refractivity contribution is 0.516. The van der Waals surface area contributed by atoms with Gasteiger partial charge in [-0.2, -0.15) is 0 Å². The predicted octanol–water partition coefficient (Wildman–Crippen LogP) is 0.809. The Morgan fingerprint density at radius 1 is 1.47 bits per heavy atom. The van der Waals surface area contributed by atoms with Crippen molar-refractivity contribution in [2.75, 3.05) is 0 Å². The molecule has 0 amide bonds. The molecule has 0 fully saturated rings. The molecule has 0 bridgehead atoms. The summed E-state index contributed by atoms with van der Waals surface area (Å²) in [5, 5.41) is 7.13. The first-order valence-electron chi connectivity index (χ1n) is 4.95. The molecule has 0 heterocycles. The topological polar surface area (TPSA) is 96.0 Å². The average Bonchev–Trinajstić information content (AvgIpc) is 1.99. The third-order valence-corrected chi connectivity index (χ3v) is 4.34. The lowest BCUT2D eigenvalue weighted by Crippen LogP contribution is -2.45. The molecule has 0 aromatic heterocycles. The molecule has 1 unspecified atom stereocenters. The fourth-order valence-corrected chi connectivity index (χ4v) is 1.97. The van der Waals surface area contributed by atoms with Crippen LogP contribution in [0.2, 0.25) is 0 Å². The van der Waals surface area contributed by atoms with Gasteiger partial charge in [0.1, 0.15) is 0 Å². The number of amidine groups is 1. The van der Waals surface area contributed by atoms with Gasteiger partial charge >= 0.3 is 0 Å². The van der Waals surface area contributed by atoms with Crippen LogP contribution in [0.5, 0.6) is 0 Å². The first kappa shape index (κ1) is 14.4. The van der Waals surface area contributed by atoms with E-state index < -0.39 is 14.8 Å². The van der Waals surface area contributed by atoms with Crippen LogP contribution in [0.15, 0.2) is 0 Å². The smallest absolute Gasteiger partial charge is 0.216 e. The van der Waals surface area contributed by atoms with E-state index in [-0.39, 0.29) is 18.3 Å². The van der Waals surface area contributed by atoms with Crippen LogP contribution in [0.1, 0.15) is 40.5 Å². The molecule has 0 aliphatic heterocycles. The highest BCUT2D eigenvalue weighted by Crippen LogP contribution is 2.15. The Labute approximate surface area is 92.0 Å². The minimum Gasteiger partial charge on any atom is -0.388 e. The maximum absolute atomic E-state index is 11.8. The molecule has 15 heavy (non-hydrogen) atoms. The van der Waals surface area contributed by atoms with Gasteiger partial charge < -0.3 is 5.73 Å². The average molecular weight is 235 g/mol. The lowest BCUT2D eigenvalue weighted by Gasteiger charge is -2.24. The summed E-state index contributed by atoms with van der Waals surface area (Å²) < 4.78 is 25.3. The zero-order chi connectivity index (χ0) is 12.3. The van der Waals surface area contributed by atoms with E-state index >= 15 is 0 Å². The molecule has 0 aromatic carbocycles. The van der Waals surface area contributed by atoms with Crippen molar-refractivity contribution in [1.82, 2.24) is 4.72 Å². The van der Waals surface area contributed by atoms with Gasteiger partial charge in [0.2, 0.25) is 10.0 Å². The highest BCUT2D eigenvalue weighted by Gasteiger charge is 2.30. The first-order chi connectivity index (χ1) is 6.60. The summed E-state index contributed by atoms with van der Waals surface area (Å²) in [6.45, 7) is 6.76. The third-order valence-electron chi connectivity index (χ3n) is 2.09. The first-order valence-corrected chi connectivity index (χ1v) is 6.43. The molecule has 0 saturated carbocycles. The van der Waals surface area contributed by atoms with Crippen molar-refractivity contribution in [3.05, 3.63) is 0 Å². The van der Waals surface area contributed by atoms with Crippen LogP contribution in [0, 0.1) is 5.41 Å². The van der Waals surface area contributed by atoms with Gasteiger partial charge in [0.25, 0.3) is 0 Å². The Kier molecular flexibility index (Phi) is 4.73. The standard InChI is InChI=1S/C9H21N3O2S/c1-5-7(6-8(10)11)12-15(13,14)9(2,3)4/h7,12H,5-6H2,1-4H3,(H3,10,11). The number of sulfonamides is 1. The molecule has 6 heteroatoms. The van der Waals surface area contributed by atoms with Crippen molar-refractivity contribution in [3.8, 4) is 0 Å². The van der Waals surface area contributed by atoms with Crippen molar-refractivity contribution >= 4 is 15.9 Å². The molecular weight excluding hydrogens is 214 g/mol. The SMILES string of the molecule is CCC(CC(=N)N)NS(=O)(=O)C(C)(C)C. The lowest BCUT2D eigenvalue weighted by atomic mass is 10.1. The van der Waals surface area contributed by atoms with Crippen LogP contribution < -0.4 is 10.5 Å². The van der Waals surface area contributed by atoms with E-state index in [1.807, 2.05) is 6.92 Å².